The van der Waals surface area contributed by atoms with Gasteiger partial charge in [-0.05, 0) is 17.7 Å². The lowest BCUT2D eigenvalue weighted by Crippen LogP contribution is -2.35. The molecule has 0 amide bonds. The third-order valence-corrected chi connectivity index (χ3v) is 3.33. The van der Waals surface area contributed by atoms with Gasteiger partial charge in [0.05, 0.1) is 6.54 Å². The molecular weight excluding hydrogens is 410 g/mol. The van der Waals surface area contributed by atoms with Crippen LogP contribution < -0.4 is 10.1 Å². The molecule has 0 saturated heterocycles. The van der Waals surface area contributed by atoms with Gasteiger partial charge in [0, 0.05) is 38.5 Å². The van der Waals surface area contributed by atoms with Crippen LogP contribution in [0.1, 0.15) is 5.56 Å². The Morgan fingerprint density at radius 1 is 1.30 bits per heavy atom. The van der Waals surface area contributed by atoms with Crippen LogP contribution in [-0.4, -0.2) is 36.0 Å². The molecule has 2 heterocycles. The fourth-order valence-corrected chi connectivity index (χ4v) is 2.13. The average Bonchev–Trinajstić information content (AvgIpc) is 2.92. The third-order valence-electron chi connectivity index (χ3n) is 3.33. The molecule has 122 valence electrons. The number of benzene rings is 1. The topological polar surface area (TPSA) is 49.8 Å². The number of nitrogens with zero attached hydrogens (tertiary/aromatic N) is 3. The SMILES string of the molecule is CN1CCN=C1NCc1ccc(Oc2cccc(F)c2)nc1.I. The van der Waals surface area contributed by atoms with E-state index in [9.17, 15) is 4.39 Å². The fraction of sp³-hybridized carbons (Fsp3) is 0.250. The van der Waals surface area contributed by atoms with Crippen molar-refractivity contribution >= 4 is 29.9 Å². The highest BCUT2D eigenvalue weighted by Crippen LogP contribution is 2.19. The largest absolute Gasteiger partial charge is 0.439 e. The van der Waals surface area contributed by atoms with E-state index in [0.717, 1.165) is 24.6 Å². The molecule has 0 fully saturated rings. The Balaban J connectivity index is 0.00000192. The number of nitrogens with one attached hydrogen (secondary N) is 1. The van der Waals surface area contributed by atoms with Crippen LogP contribution in [0.5, 0.6) is 11.6 Å². The van der Waals surface area contributed by atoms with Crippen LogP contribution in [0.4, 0.5) is 4.39 Å². The van der Waals surface area contributed by atoms with Crippen LogP contribution in [0.15, 0.2) is 47.6 Å². The van der Waals surface area contributed by atoms with Crippen LogP contribution in [0, 0.1) is 5.82 Å². The monoisotopic (exact) mass is 428 g/mol. The molecule has 0 spiro atoms. The van der Waals surface area contributed by atoms with E-state index in [1.54, 1.807) is 24.4 Å². The summed E-state index contributed by atoms with van der Waals surface area (Å²) in [5, 5.41) is 3.27. The van der Waals surface area contributed by atoms with Crippen molar-refractivity contribution in [1.29, 1.82) is 0 Å². The highest BCUT2D eigenvalue weighted by Gasteiger charge is 2.11. The van der Waals surface area contributed by atoms with Crippen molar-refractivity contribution in [3.63, 3.8) is 0 Å². The first-order valence-corrected chi connectivity index (χ1v) is 7.08. The minimum Gasteiger partial charge on any atom is -0.439 e. The lowest BCUT2D eigenvalue weighted by atomic mass is 10.3. The van der Waals surface area contributed by atoms with Crippen molar-refractivity contribution in [2.45, 2.75) is 6.54 Å². The van der Waals surface area contributed by atoms with Crippen molar-refractivity contribution in [1.82, 2.24) is 15.2 Å². The van der Waals surface area contributed by atoms with Gasteiger partial charge in [-0.1, -0.05) is 12.1 Å². The molecule has 1 N–H and O–H groups in total. The van der Waals surface area contributed by atoms with Crippen molar-refractivity contribution < 1.29 is 9.13 Å². The van der Waals surface area contributed by atoms with Gasteiger partial charge in [0.25, 0.3) is 0 Å². The molecule has 5 nitrogen and oxygen atoms in total. The molecule has 0 saturated carbocycles. The highest BCUT2D eigenvalue weighted by atomic mass is 127. The number of hydrogen-bond donors (Lipinski definition) is 1. The predicted molar refractivity (Wildman–Crippen MR) is 97.9 cm³/mol. The molecule has 0 bridgehead atoms. The second-order valence-corrected chi connectivity index (χ2v) is 5.04. The van der Waals surface area contributed by atoms with Crippen molar-refractivity contribution in [3.05, 3.63) is 54.0 Å². The number of pyridine rings is 1. The minimum atomic E-state index is -0.334. The summed E-state index contributed by atoms with van der Waals surface area (Å²) in [6.45, 7) is 2.43. The highest BCUT2D eigenvalue weighted by molar-refractivity contribution is 14.0. The Morgan fingerprint density at radius 2 is 2.17 bits per heavy atom. The number of ether oxygens (including phenoxy) is 1. The molecule has 0 unspecified atom stereocenters. The lowest BCUT2D eigenvalue weighted by Gasteiger charge is -2.15. The quantitative estimate of drug-likeness (QED) is 0.761. The molecule has 1 aliphatic heterocycles. The van der Waals surface area contributed by atoms with Crippen molar-refractivity contribution in [2.24, 2.45) is 4.99 Å². The van der Waals surface area contributed by atoms with Gasteiger partial charge >= 0.3 is 0 Å². The van der Waals surface area contributed by atoms with E-state index in [-0.39, 0.29) is 29.8 Å². The van der Waals surface area contributed by atoms with E-state index in [0.29, 0.717) is 18.2 Å². The maximum Gasteiger partial charge on any atom is 0.219 e. The normalized spacial score (nSPS) is 13.3. The fourth-order valence-electron chi connectivity index (χ4n) is 2.13. The molecule has 0 radical (unpaired) electrons. The maximum atomic E-state index is 13.1. The van der Waals surface area contributed by atoms with E-state index >= 15 is 0 Å². The van der Waals surface area contributed by atoms with Gasteiger partial charge in [-0.25, -0.2) is 9.37 Å². The minimum absolute atomic E-state index is 0. The second kappa shape index (κ2) is 8.09. The van der Waals surface area contributed by atoms with Crippen LogP contribution >= 0.6 is 24.0 Å². The molecule has 2 aromatic rings. The van der Waals surface area contributed by atoms with E-state index in [1.165, 1.54) is 12.1 Å². The molecule has 0 aliphatic carbocycles. The Labute approximate surface area is 151 Å². The smallest absolute Gasteiger partial charge is 0.219 e. The van der Waals surface area contributed by atoms with Gasteiger partial charge in [-0.15, -0.1) is 24.0 Å². The summed E-state index contributed by atoms with van der Waals surface area (Å²) >= 11 is 0. The summed E-state index contributed by atoms with van der Waals surface area (Å²) in [7, 11) is 2.01. The predicted octanol–water partition coefficient (Wildman–Crippen LogP) is 3.02. The third kappa shape index (κ3) is 4.78. The van der Waals surface area contributed by atoms with E-state index in [4.69, 9.17) is 4.74 Å². The first-order valence-electron chi connectivity index (χ1n) is 7.08. The summed E-state index contributed by atoms with van der Waals surface area (Å²) in [4.78, 5) is 10.7. The van der Waals surface area contributed by atoms with Crippen LogP contribution in [0.3, 0.4) is 0 Å². The zero-order valence-corrected chi connectivity index (χ0v) is 15.0. The van der Waals surface area contributed by atoms with Gasteiger partial charge in [0.2, 0.25) is 5.88 Å². The van der Waals surface area contributed by atoms with E-state index in [1.807, 2.05) is 13.1 Å². The Morgan fingerprint density at radius 3 is 2.83 bits per heavy atom. The summed E-state index contributed by atoms with van der Waals surface area (Å²) in [6, 6.07) is 9.67. The second-order valence-electron chi connectivity index (χ2n) is 5.04. The number of halogens is 2. The van der Waals surface area contributed by atoms with Gasteiger partial charge in [-0.3, -0.25) is 4.99 Å². The first-order chi connectivity index (χ1) is 10.7. The van der Waals surface area contributed by atoms with Crippen molar-refractivity contribution in [3.8, 4) is 11.6 Å². The summed E-state index contributed by atoms with van der Waals surface area (Å²) in [6.07, 6.45) is 1.73. The maximum absolute atomic E-state index is 13.1. The number of aromatic nitrogens is 1. The van der Waals surface area contributed by atoms with Gasteiger partial charge in [0.15, 0.2) is 5.96 Å². The van der Waals surface area contributed by atoms with E-state index in [2.05, 4.69) is 20.2 Å². The number of likely N-dealkylation sites (N-methyl/N-ethyl adjacent to an activating group) is 1. The van der Waals surface area contributed by atoms with Crippen LogP contribution in [-0.2, 0) is 6.54 Å². The number of guanidine groups is 1. The van der Waals surface area contributed by atoms with Crippen molar-refractivity contribution in [2.75, 3.05) is 20.1 Å². The number of rotatable bonds is 4. The van der Waals surface area contributed by atoms with Gasteiger partial charge in [-0.2, -0.15) is 0 Å². The summed E-state index contributed by atoms with van der Waals surface area (Å²) in [5.74, 6) is 1.44. The standard InChI is InChI=1S/C16H17FN4O.HI/c1-21-8-7-18-16(21)20-11-12-5-6-15(19-10-12)22-14-4-2-3-13(17)9-14;/h2-6,9-10H,7-8,11H2,1H3,(H,18,20);1H. The Hall–Kier alpha value is -1.90. The summed E-state index contributed by atoms with van der Waals surface area (Å²) in [5.41, 5.74) is 1.02. The van der Waals surface area contributed by atoms with Crippen LogP contribution in [0.2, 0.25) is 0 Å². The Bertz CT molecular complexity index is 678. The zero-order valence-electron chi connectivity index (χ0n) is 12.7. The zero-order chi connectivity index (χ0) is 15.4. The van der Waals surface area contributed by atoms with E-state index < -0.39 is 0 Å². The van der Waals surface area contributed by atoms with Gasteiger partial charge in [0.1, 0.15) is 11.6 Å². The molecular formula is C16H18FIN4O. The average molecular weight is 428 g/mol. The molecule has 1 aliphatic rings. The molecule has 7 heteroatoms. The molecule has 1 aromatic carbocycles. The molecule has 23 heavy (non-hydrogen) atoms. The molecule has 0 atom stereocenters. The number of aliphatic imine (C=N–C) groups is 1. The summed E-state index contributed by atoms with van der Waals surface area (Å²) < 4.78 is 18.6. The lowest BCUT2D eigenvalue weighted by molar-refractivity contribution is 0.457. The number of hydrogen-bond acceptors (Lipinski definition) is 5. The van der Waals surface area contributed by atoms with Crippen LogP contribution in [0.25, 0.3) is 0 Å². The molecule has 1 aromatic heterocycles. The molecule has 3 rings (SSSR count). The van der Waals surface area contributed by atoms with Gasteiger partial charge < -0.3 is 15.0 Å². The Kier molecular flexibility index (Phi) is 6.14. The first kappa shape index (κ1) is 17.5.